The molecule has 1 atom stereocenters. The van der Waals surface area contributed by atoms with Crippen molar-refractivity contribution in [2.45, 2.75) is 73.3 Å². The lowest BCUT2D eigenvalue weighted by Gasteiger charge is -2.22. The number of hydrazine groups is 1. The molecule has 0 fully saturated rings. The van der Waals surface area contributed by atoms with Gasteiger partial charge in [0.25, 0.3) is 5.56 Å². The SMILES string of the molecule is C=C(C)C(=O)OCCN(CCOC(=O)C(C)C)CCc1ccc(NNc2c(N)c(C#N)c(O)n(CC(CC)CCCC)c2=O)cc1. The maximum atomic E-state index is 13.4. The van der Waals surface area contributed by atoms with E-state index < -0.39 is 17.4 Å². The van der Waals surface area contributed by atoms with E-state index in [4.69, 9.17) is 15.2 Å². The molecule has 1 heterocycles. The summed E-state index contributed by atoms with van der Waals surface area (Å²) in [6.07, 6.45) is 4.45. The summed E-state index contributed by atoms with van der Waals surface area (Å²) in [7, 11) is 0. The van der Waals surface area contributed by atoms with E-state index in [1.165, 1.54) is 4.57 Å². The van der Waals surface area contributed by atoms with Gasteiger partial charge in [-0.2, -0.15) is 5.26 Å². The van der Waals surface area contributed by atoms with Gasteiger partial charge in [0.05, 0.1) is 17.3 Å². The van der Waals surface area contributed by atoms with Crippen LogP contribution in [0.5, 0.6) is 5.88 Å². The number of nitrogens with one attached hydrogen (secondary N) is 2. The van der Waals surface area contributed by atoms with Gasteiger partial charge in [-0.3, -0.25) is 24.5 Å². The molecule has 0 spiro atoms. The van der Waals surface area contributed by atoms with Crippen LogP contribution in [0, 0.1) is 23.2 Å². The van der Waals surface area contributed by atoms with E-state index in [0.29, 0.717) is 37.3 Å². The average molecular weight is 639 g/mol. The minimum absolute atomic E-state index is 0.00933. The first kappa shape index (κ1) is 37.7. The molecule has 1 aromatic carbocycles. The molecule has 252 valence electrons. The summed E-state index contributed by atoms with van der Waals surface area (Å²) in [4.78, 5) is 39.1. The number of carbonyl (C=O) groups is 2. The summed E-state index contributed by atoms with van der Waals surface area (Å²) in [6, 6.07) is 9.46. The molecule has 0 aliphatic carbocycles. The van der Waals surface area contributed by atoms with Crippen LogP contribution in [0.4, 0.5) is 17.1 Å². The smallest absolute Gasteiger partial charge is 0.333 e. The number of nitriles is 1. The Hall–Kier alpha value is -4.50. The lowest BCUT2D eigenvalue weighted by atomic mass is 9.99. The lowest BCUT2D eigenvalue weighted by molar-refractivity contribution is -0.147. The third-order valence-corrected chi connectivity index (χ3v) is 7.69. The second-order valence-corrected chi connectivity index (χ2v) is 11.7. The summed E-state index contributed by atoms with van der Waals surface area (Å²) in [5.41, 5.74) is 13.2. The zero-order chi connectivity index (χ0) is 34.2. The Balaban J connectivity index is 2.09. The number of pyridine rings is 1. The average Bonchev–Trinajstić information content (AvgIpc) is 3.03. The third-order valence-electron chi connectivity index (χ3n) is 7.69. The van der Waals surface area contributed by atoms with Crippen LogP contribution in [0.2, 0.25) is 0 Å². The number of nitrogen functional groups attached to an aromatic ring is 1. The van der Waals surface area contributed by atoms with Crippen LogP contribution in [0.25, 0.3) is 0 Å². The fourth-order valence-corrected chi connectivity index (χ4v) is 4.65. The molecule has 2 rings (SSSR count). The quantitative estimate of drug-likeness (QED) is 0.0889. The number of benzene rings is 1. The Morgan fingerprint density at radius 3 is 2.33 bits per heavy atom. The molecule has 1 unspecified atom stereocenters. The highest BCUT2D eigenvalue weighted by atomic mass is 16.5. The van der Waals surface area contributed by atoms with Crippen molar-refractivity contribution < 1.29 is 24.2 Å². The Morgan fingerprint density at radius 2 is 1.76 bits per heavy atom. The van der Waals surface area contributed by atoms with Crippen molar-refractivity contribution in [2.75, 3.05) is 49.4 Å². The van der Waals surface area contributed by atoms with Gasteiger partial charge in [-0.25, -0.2) is 4.79 Å². The fourth-order valence-electron chi connectivity index (χ4n) is 4.65. The second-order valence-electron chi connectivity index (χ2n) is 11.7. The first-order valence-electron chi connectivity index (χ1n) is 15.9. The van der Waals surface area contributed by atoms with Gasteiger partial charge in [0, 0.05) is 31.8 Å². The van der Waals surface area contributed by atoms with Crippen molar-refractivity contribution >= 4 is 29.0 Å². The predicted molar refractivity (Wildman–Crippen MR) is 180 cm³/mol. The number of nitrogens with two attached hydrogens (primary N) is 1. The molecular weight excluding hydrogens is 588 g/mol. The number of unbranched alkanes of at least 4 members (excludes halogenated alkanes) is 1. The molecule has 46 heavy (non-hydrogen) atoms. The number of hydrogen-bond donors (Lipinski definition) is 4. The molecule has 0 radical (unpaired) electrons. The summed E-state index contributed by atoms with van der Waals surface area (Å²) >= 11 is 0. The number of anilines is 3. The van der Waals surface area contributed by atoms with E-state index in [0.717, 1.165) is 31.2 Å². The fraction of sp³-hybridized carbons (Fsp3) is 0.529. The van der Waals surface area contributed by atoms with Crippen molar-refractivity contribution in [3.05, 3.63) is 57.9 Å². The molecule has 2 aromatic rings. The Kier molecular flexibility index (Phi) is 15.7. The normalized spacial score (nSPS) is 11.6. The standard InChI is InChI=1S/C34H50N6O6/c1-7-9-10-25(8-2)22-40-31(41)28(21-35)29(36)30(32(40)42)38-37-27-13-11-26(12-14-27)15-16-39(17-19-45-33(43)23(3)4)18-20-46-34(44)24(5)6/h11-14,24-25,37-38,41H,3,7-10,15-20,22,36H2,1-2,4-6H3. The molecular formula is C34H50N6O6. The minimum Gasteiger partial charge on any atom is -0.493 e. The molecule has 0 saturated carbocycles. The van der Waals surface area contributed by atoms with E-state index >= 15 is 0 Å². The van der Waals surface area contributed by atoms with Crippen molar-refractivity contribution in [1.29, 1.82) is 5.26 Å². The highest BCUT2D eigenvalue weighted by Gasteiger charge is 2.22. The number of rotatable bonds is 20. The summed E-state index contributed by atoms with van der Waals surface area (Å²) < 4.78 is 11.8. The van der Waals surface area contributed by atoms with E-state index in [1.54, 1.807) is 20.8 Å². The van der Waals surface area contributed by atoms with Crippen LogP contribution >= 0.6 is 0 Å². The van der Waals surface area contributed by atoms with Gasteiger partial charge in [-0.1, -0.05) is 65.7 Å². The van der Waals surface area contributed by atoms with Crippen LogP contribution in [0.3, 0.4) is 0 Å². The topological polar surface area (TPSA) is 172 Å². The summed E-state index contributed by atoms with van der Waals surface area (Å²) in [5, 5.41) is 20.4. The van der Waals surface area contributed by atoms with Crippen LogP contribution in [-0.4, -0.2) is 59.4 Å². The molecule has 5 N–H and O–H groups in total. The number of hydrogen-bond acceptors (Lipinski definition) is 11. The Morgan fingerprint density at radius 1 is 1.11 bits per heavy atom. The van der Waals surface area contributed by atoms with Crippen molar-refractivity contribution in [1.82, 2.24) is 9.47 Å². The van der Waals surface area contributed by atoms with Gasteiger partial charge < -0.3 is 25.7 Å². The van der Waals surface area contributed by atoms with Gasteiger partial charge in [-0.05, 0) is 43.4 Å². The van der Waals surface area contributed by atoms with E-state index in [2.05, 4.69) is 29.3 Å². The molecule has 0 aliphatic heterocycles. The van der Waals surface area contributed by atoms with Gasteiger partial charge in [0.1, 0.15) is 30.5 Å². The Labute approximate surface area is 272 Å². The second kappa shape index (κ2) is 19.1. The minimum atomic E-state index is -0.513. The molecule has 0 saturated heterocycles. The van der Waals surface area contributed by atoms with Crippen LogP contribution in [-0.2, 0) is 32.0 Å². The highest BCUT2D eigenvalue weighted by Crippen LogP contribution is 2.28. The summed E-state index contributed by atoms with van der Waals surface area (Å²) in [5.74, 6) is -1.17. The van der Waals surface area contributed by atoms with Crippen molar-refractivity contribution in [3.8, 4) is 11.9 Å². The van der Waals surface area contributed by atoms with Gasteiger partial charge >= 0.3 is 11.9 Å². The molecule has 0 bridgehead atoms. The van der Waals surface area contributed by atoms with Crippen molar-refractivity contribution in [2.24, 2.45) is 11.8 Å². The molecule has 12 nitrogen and oxygen atoms in total. The van der Waals surface area contributed by atoms with Gasteiger partial charge in [-0.15, -0.1) is 0 Å². The predicted octanol–water partition coefficient (Wildman–Crippen LogP) is 4.83. The van der Waals surface area contributed by atoms with E-state index in [9.17, 15) is 24.8 Å². The number of aromatic hydroxyl groups is 1. The first-order chi connectivity index (χ1) is 21.9. The van der Waals surface area contributed by atoms with Gasteiger partial charge in [0.2, 0.25) is 5.88 Å². The monoisotopic (exact) mass is 638 g/mol. The first-order valence-corrected chi connectivity index (χ1v) is 15.9. The number of esters is 2. The number of aromatic nitrogens is 1. The number of carbonyl (C=O) groups excluding carboxylic acids is 2. The van der Waals surface area contributed by atoms with E-state index in [1.807, 2.05) is 37.3 Å². The zero-order valence-electron chi connectivity index (χ0n) is 27.9. The largest absolute Gasteiger partial charge is 0.493 e. The van der Waals surface area contributed by atoms with Gasteiger partial charge in [0.15, 0.2) is 0 Å². The Bertz CT molecular complexity index is 1410. The highest BCUT2D eigenvalue weighted by molar-refractivity contribution is 5.86. The maximum absolute atomic E-state index is 13.4. The van der Waals surface area contributed by atoms with E-state index in [-0.39, 0.29) is 54.5 Å². The molecule has 0 aliphatic rings. The van der Waals surface area contributed by atoms with Crippen LogP contribution < -0.4 is 22.1 Å². The molecule has 0 amide bonds. The lowest BCUT2D eigenvalue weighted by Crippen LogP contribution is -2.34. The number of ether oxygens (including phenoxy) is 2. The number of nitrogens with zero attached hydrogens (tertiary/aromatic N) is 3. The van der Waals surface area contributed by atoms with Crippen LogP contribution in [0.1, 0.15) is 71.4 Å². The molecule has 1 aromatic heterocycles. The molecule has 12 heteroatoms. The van der Waals surface area contributed by atoms with Crippen LogP contribution in [0.15, 0.2) is 41.2 Å². The maximum Gasteiger partial charge on any atom is 0.333 e. The van der Waals surface area contributed by atoms with Crippen molar-refractivity contribution in [3.63, 3.8) is 0 Å². The summed E-state index contributed by atoms with van der Waals surface area (Å²) in [6.45, 7) is 15.2. The third kappa shape index (κ3) is 11.5. The zero-order valence-corrected chi connectivity index (χ0v) is 27.9.